The van der Waals surface area contributed by atoms with Gasteiger partial charge in [-0.15, -0.1) is 0 Å². The molecule has 1 rings (SSSR count). The molecule has 1 aromatic carbocycles. The highest BCUT2D eigenvalue weighted by Crippen LogP contribution is 2.13. The highest BCUT2D eigenvalue weighted by Gasteiger charge is 2.27. The van der Waals surface area contributed by atoms with E-state index in [-0.39, 0.29) is 12.2 Å². The van der Waals surface area contributed by atoms with Gasteiger partial charge in [-0.05, 0) is 30.7 Å². The second kappa shape index (κ2) is 6.25. The Kier molecular flexibility index (Phi) is 4.95. The normalized spacial score (nSPS) is 10.6. The molecule has 0 aliphatic carbocycles. The van der Waals surface area contributed by atoms with Gasteiger partial charge in [0.1, 0.15) is 13.2 Å². The van der Waals surface area contributed by atoms with Gasteiger partial charge in [0.15, 0.2) is 0 Å². The van der Waals surface area contributed by atoms with E-state index in [9.17, 15) is 18.0 Å². The Labute approximate surface area is 108 Å². The summed E-state index contributed by atoms with van der Waals surface area (Å²) < 4.78 is 36.0. The molecule has 6 heteroatoms. The van der Waals surface area contributed by atoms with Crippen LogP contribution in [0.4, 0.5) is 13.2 Å². The molecule has 0 spiro atoms. The smallest absolute Gasteiger partial charge is 0.384 e. The van der Waals surface area contributed by atoms with E-state index < -0.39 is 18.6 Å². The zero-order chi connectivity index (χ0) is 14.5. The standard InChI is InChI=1S/C13H12F3NO2/c1-9-5-10(3-2-4-18)7-11(6-9)12(19)17-8-13(14,15)16/h5-7,18H,4,8H2,1H3,(H,17,19). The van der Waals surface area contributed by atoms with Crippen LogP contribution in [0.1, 0.15) is 21.5 Å². The molecule has 19 heavy (non-hydrogen) atoms. The number of aryl methyl sites for hydroxylation is 1. The van der Waals surface area contributed by atoms with Crippen molar-refractivity contribution in [1.82, 2.24) is 5.32 Å². The molecule has 0 saturated carbocycles. The molecule has 2 N–H and O–H groups in total. The maximum absolute atomic E-state index is 12.0. The molecule has 0 fully saturated rings. The second-order valence-corrected chi connectivity index (χ2v) is 3.85. The number of hydrogen-bond acceptors (Lipinski definition) is 2. The van der Waals surface area contributed by atoms with Crippen LogP contribution in [-0.4, -0.2) is 30.3 Å². The van der Waals surface area contributed by atoms with Gasteiger partial charge in [-0.25, -0.2) is 0 Å². The molecule has 0 unspecified atom stereocenters. The van der Waals surface area contributed by atoms with Gasteiger partial charge < -0.3 is 10.4 Å². The molecule has 0 bridgehead atoms. The molecule has 0 radical (unpaired) electrons. The number of hydrogen-bond donors (Lipinski definition) is 2. The Morgan fingerprint density at radius 1 is 1.37 bits per heavy atom. The van der Waals surface area contributed by atoms with E-state index >= 15 is 0 Å². The number of benzene rings is 1. The first-order valence-electron chi connectivity index (χ1n) is 5.38. The molecule has 0 aliphatic heterocycles. The fraction of sp³-hybridized carbons (Fsp3) is 0.308. The van der Waals surface area contributed by atoms with Crippen molar-refractivity contribution in [3.8, 4) is 11.8 Å². The third-order valence-electron chi connectivity index (χ3n) is 2.10. The Morgan fingerprint density at radius 3 is 2.63 bits per heavy atom. The van der Waals surface area contributed by atoms with Crippen molar-refractivity contribution in [1.29, 1.82) is 0 Å². The first-order chi connectivity index (χ1) is 8.81. The number of rotatable bonds is 2. The van der Waals surface area contributed by atoms with E-state index in [4.69, 9.17) is 5.11 Å². The quantitative estimate of drug-likeness (QED) is 0.803. The molecule has 0 atom stereocenters. The molecule has 0 aromatic heterocycles. The summed E-state index contributed by atoms with van der Waals surface area (Å²) in [5, 5.41) is 10.4. The van der Waals surface area contributed by atoms with Crippen molar-refractivity contribution < 1.29 is 23.1 Å². The van der Waals surface area contributed by atoms with Crippen LogP contribution < -0.4 is 5.32 Å². The summed E-state index contributed by atoms with van der Waals surface area (Å²) in [5.74, 6) is 4.20. The maximum atomic E-state index is 12.0. The molecular weight excluding hydrogens is 259 g/mol. The Hall–Kier alpha value is -2.00. The summed E-state index contributed by atoms with van der Waals surface area (Å²) in [6.07, 6.45) is -4.45. The van der Waals surface area contributed by atoms with Crippen LogP contribution in [0, 0.1) is 18.8 Å². The van der Waals surface area contributed by atoms with Crippen molar-refractivity contribution in [2.75, 3.05) is 13.2 Å². The van der Waals surface area contributed by atoms with E-state index in [1.54, 1.807) is 18.3 Å². The third-order valence-corrected chi connectivity index (χ3v) is 2.10. The van der Waals surface area contributed by atoms with Crippen LogP contribution in [0.3, 0.4) is 0 Å². The van der Waals surface area contributed by atoms with Crippen molar-refractivity contribution in [2.24, 2.45) is 0 Å². The highest BCUT2D eigenvalue weighted by molar-refractivity contribution is 5.94. The number of aliphatic hydroxyl groups excluding tert-OH is 1. The lowest BCUT2D eigenvalue weighted by Crippen LogP contribution is -2.33. The second-order valence-electron chi connectivity index (χ2n) is 3.85. The summed E-state index contributed by atoms with van der Waals surface area (Å²) in [5.41, 5.74) is 1.26. The average Bonchev–Trinajstić information content (AvgIpc) is 2.31. The first kappa shape index (κ1) is 15.1. The third kappa shape index (κ3) is 5.44. The Balaban J connectivity index is 2.88. The minimum atomic E-state index is -4.45. The fourth-order valence-electron chi connectivity index (χ4n) is 1.41. The molecule has 1 amide bonds. The SMILES string of the molecule is Cc1cc(C#CCO)cc(C(=O)NCC(F)(F)F)c1. The summed E-state index contributed by atoms with van der Waals surface area (Å²) in [4.78, 5) is 11.6. The molecule has 0 heterocycles. The van der Waals surface area contributed by atoms with E-state index in [0.717, 1.165) is 0 Å². The van der Waals surface area contributed by atoms with E-state index in [1.807, 2.05) is 0 Å². The number of alkyl halides is 3. The molecule has 102 valence electrons. The predicted molar refractivity (Wildman–Crippen MR) is 63.5 cm³/mol. The zero-order valence-electron chi connectivity index (χ0n) is 10.1. The molecule has 0 aliphatic rings. The van der Waals surface area contributed by atoms with Crippen molar-refractivity contribution in [2.45, 2.75) is 13.1 Å². The van der Waals surface area contributed by atoms with Gasteiger partial charge in [0.2, 0.25) is 0 Å². The zero-order valence-corrected chi connectivity index (χ0v) is 10.1. The number of carbonyl (C=O) groups is 1. The predicted octanol–water partition coefficient (Wildman–Crippen LogP) is 1.63. The number of carbonyl (C=O) groups excluding carboxylic acids is 1. The fourth-order valence-corrected chi connectivity index (χ4v) is 1.41. The Bertz CT molecular complexity index is 527. The van der Waals surface area contributed by atoms with Crippen molar-refractivity contribution in [3.63, 3.8) is 0 Å². The lowest BCUT2D eigenvalue weighted by molar-refractivity contribution is -0.123. The molecule has 3 nitrogen and oxygen atoms in total. The molecule has 0 saturated heterocycles. The number of aliphatic hydroxyl groups is 1. The summed E-state index contributed by atoms with van der Waals surface area (Å²) >= 11 is 0. The number of nitrogens with one attached hydrogen (secondary N) is 1. The van der Waals surface area contributed by atoms with Crippen LogP contribution in [-0.2, 0) is 0 Å². The average molecular weight is 271 g/mol. The topological polar surface area (TPSA) is 49.3 Å². The van der Waals surface area contributed by atoms with E-state index in [0.29, 0.717) is 11.1 Å². The van der Waals surface area contributed by atoms with Gasteiger partial charge in [-0.1, -0.05) is 11.8 Å². The van der Waals surface area contributed by atoms with Gasteiger partial charge in [-0.3, -0.25) is 4.79 Å². The van der Waals surface area contributed by atoms with Crippen molar-refractivity contribution >= 4 is 5.91 Å². The van der Waals surface area contributed by atoms with Gasteiger partial charge in [0, 0.05) is 11.1 Å². The van der Waals surface area contributed by atoms with Gasteiger partial charge in [0.05, 0.1) is 0 Å². The number of halogens is 3. The molecule has 1 aromatic rings. The van der Waals surface area contributed by atoms with E-state index in [1.165, 1.54) is 12.1 Å². The highest BCUT2D eigenvalue weighted by atomic mass is 19.4. The van der Waals surface area contributed by atoms with Crippen LogP contribution in [0.25, 0.3) is 0 Å². The summed E-state index contributed by atoms with van der Waals surface area (Å²) in [6, 6.07) is 4.51. The van der Waals surface area contributed by atoms with Crippen LogP contribution in [0.5, 0.6) is 0 Å². The van der Waals surface area contributed by atoms with Crippen LogP contribution in [0.2, 0.25) is 0 Å². The summed E-state index contributed by atoms with van der Waals surface area (Å²) in [7, 11) is 0. The van der Waals surface area contributed by atoms with E-state index in [2.05, 4.69) is 11.8 Å². The first-order valence-corrected chi connectivity index (χ1v) is 5.38. The lowest BCUT2D eigenvalue weighted by atomic mass is 10.1. The summed E-state index contributed by atoms with van der Waals surface area (Å²) in [6.45, 7) is -0.00830. The van der Waals surface area contributed by atoms with Crippen LogP contribution in [0.15, 0.2) is 18.2 Å². The number of amides is 1. The maximum Gasteiger partial charge on any atom is 0.405 e. The van der Waals surface area contributed by atoms with Crippen LogP contribution >= 0.6 is 0 Å². The minimum absolute atomic E-state index is 0.103. The van der Waals surface area contributed by atoms with Gasteiger partial charge in [-0.2, -0.15) is 13.2 Å². The molecular formula is C13H12F3NO2. The van der Waals surface area contributed by atoms with Gasteiger partial charge in [0.25, 0.3) is 5.91 Å². The Morgan fingerprint density at radius 2 is 2.05 bits per heavy atom. The largest absolute Gasteiger partial charge is 0.405 e. The lowest BCUT2D eigenvalue weighted by Gasteiger charge is -2.09. The monoisotopic (exact) mass is 271 g/mol. The minimum Gasteiger partial charge on any atom is -0.384 e. The van der Waals surface area contributed by atoms with Gasteiger partial charge >= 0.3 is 6.18 Å². The van der Waals surface area contributed by atoms with Crippen molar-refractivity contribution in [3.05, 3.63) is 34.9 Å².